The molecule has 0 radical (unpaired) electrons. The summed E-state index contributed by atoms with van der Waals surface area (Å²) in [5.74, 6) is 0.720. The van der Waals surface area contributed by atoms with Crippen molar-refractivity contribution in [2.24, 2.45) is 11.7 Å². The lowest BCUT2D eigenvalue weighted by atomic mass is 10.1. The van der Waals surface area contributed by atoms with E-state index in [4.69, 9.17) is 15.2 Å². The summed E-state index contributed by atoms with van der Waals surface area (Å²) in [6, 6.07) is 1.23. The second-order valence-electron chi connectivity index (χ2n) is 10.5. The maximum absolute atomic E-state index is 6.20. The third kappa shape index (κ3) is 26.5. The van der Waals surface area contributed by atoms with Crippen LogP contribution in [0.2, 0.25) is 6.04 Å². The fraction of sp³-hybridized carbons (Fsp3) is 1.00. The topological polar surface area (TPSA) is 44.5 Å². The van der Waals surface area contributed by atoms with Crippen LogP contribution >= 0.6 is 0 Å². The van der Waals surface area contributed by atoms with E-state index in [-0.39, 0.29) is 15.4 Å². The molecular formula is C29H63NO2Si. The zero-order valence-corrected chi connectivity index (χ0v) is 24.6. The number of ether oxygens (including phenoxy) is 2. The Hall–Kier alpha value is 0.0969. The summed E-state index contributed by atoms with van der Waals surface area (Å²) in [5, 5.41) is 0. The van der Waals surface area contributed by atoms with Crippen molar-refractivity contribution >= 4 is 9.52 Å². The van der Waals surface area contributed by atoms with E-state index in [1.807, 2.05) is 0 Å². The van der Waals surface area contributed by atoms with Crippen LogP contribution < -0.4 is 5.73 Å². The Morgan fingerprint density at radius 3 is 1.21 bits per heavy atom. The maximum atomic E-state index is 6.20. The highest BCUT2D eigenvalue weighted by molar-refractivity contribution is 6.36. The van der Waals surface area contributed by atoms with Gasteiger partial charge in [0.25, 0.3) is 0 Å². The molecule has 0 spiro atoms. The normalized spacial score (nSPS) is 13.0. The molecule has 0 aliphatic heterocycles. The van der Waals surface area contributed by atoms with Crippen LogP contribution in [0.5, 0.6) is 0 Å². The molecule has 4 heteroatoms. The first kappa shape index (κ1) is 33.1. The quantitative estimate of drug-likeness (QED) is 0.0688. The van der Waals surface area contributed by atoms with Crippen LogP contribution in [-0.4, -0.2) is 35.2 Å². The highest BCUT2D eigenvalue weighted by Crippen LogP contribution is 2.13. The van der Waals surface area contributed by atoms with Crippen molar-refractivity contribution < 1.29 is 9.47 Å². The molecule has 0 aliphatic rings. The molecule has 0 heterocycles. The van der Waals surface area contributed by atoms with Crippen LogP contribution in [0.1, 0.15) is 149 Å². The van der Waals surface area contributed by atoms with Crippen LogP contribution in [-0.2, 0) is 9.47 Å². The summed E-state index contributed by atoms with van der Waals surface area (Å²) in [6.45, 7) is 9.38. The number of nitrogens with two attached hydrogens (primary N) is 1. The first-order valence-electron chi connectivity index (χ1n) is 15.2. The lowest BCUT2D eigenvalue weighted by Gasteiger charge is -2.20. The molecular weight excluding hydrogens is 422 g/mol. The number of rotatable bonds is 28. The van der Waals surface area contributed by atoms with Gasteiger partial charge in [0.15, 0.2) is 0 Å². The van der Waals surface area contributed by atoms with Gasteiger partial charge < -0.3 is 15.2 Å². The van der Waals surface area contributed by atoms with Crippen LogP contribution in [0.25, 0.3) is 0 Å². The number of hydrogen-bond donors (Lipinski definition) is 1. The van der Waals surface area contributed by atoms with E-state index in [1.165, 1.54) is 134 Å². The molecule has 1 unspecified atom stereocenters. The van der Waals surface area contributed by atoms with E-state index in [9.17, 15) is 0 Å². The molecule has 2 N–H and O–H groups in total. The molecule has 33 heavy (non-hydrogen) atoms. The molecule has 0 aromatic carbocycles. The molecule has 0 saturated heterocycles. The van der Waals surface area contributed by atoms with E-state index in [1.54, 1.807) is 0 Å². The Labute approximate surface area is 211 Å². The smallest absolute Gasteiger partial charge is 0.134 e. The van der Waals surface area contributed by atoms with Gasteiger partial charge in [-0.05, 0) is 25.3 Å². The number of hydrogen-bond acceptors (Lipinski definition) is 3. The van der Waals surface area contributed by atoms with E-state index >= 15 is 0 Å². The Kier molecular flexibility index (Phi) is 28.4. The lowest BCUT2D eigenvalue weighted by molar-refractivity contribution is -0.0927. The first-order valence-corrected chi connectivity index (χ1v) is 17.0. The minimum Gasteiger partial charge on any atom is -0.357 e. The van der Waals surface area contributed by atoms with Crippen molar-refractivity contribution in [2.45, 2.75) is 161 Å². The predicted molar refractivity (Wildman–Crippen MR) is 151 cm³/mol. The van der Waals surface area contributed by atoms with Gasteiger partial charge in [-0.2, -0.15) is 0 Å². The summed E-state index contributed by atoms with van der Waals surface area (Å²) in [7, 11) is -0.374. The Balaban J connectivity index is 3.71. The predicted octanol–water partition coefficient (Wildman–Crippen LogP) is 8.33. The Bertz CT molecular complexity index is 331. The van der Waals surface area contributed by atoms with Crippen LogP contribution in [0.4, 0.5) is 0 Å². The largest absolute Gasteiger partial charge is 0.357 e. The summed E-state index contributed by atoms with van der Waals surface area (Å²) in [5.41, 5.74) is 5.83. The van der Waals surface area contributed by atoms with Gasteiger partial charge in [0.05, 0.1) is 9.52 Å². The van der Waals surface area contributed by atoms with E-state index < -0.39 is 0 Å². The molecule has 1 atom stereocenters. The fourth-order valence-electron chi connectivity index (χ4n) is 4.36. The van der Waals surface area contributed by atoms with Crippen LogP contribution in [0.15, 0.2) is 0 Å². The van der Waals surface area contributed by atoms with Gasteiger partial charge in [-0.1, -0.05) is 142 Å². The minimum absolute atomic E-state index is 0.108. The minimum atomic E-state index is -0.374. The number of unbranched alkanes of at least 4 members (excludes halogenated alkanes) is 18. The van der Waals surface area contributed by atoms with Crippen LogP contribution in [0, 0.1) is 5.92 Å². The molecule has 0 amide bonds. The molecule has 0 aliphatic carbocycles. The van der Waals surface area contributed by atoms with Crippen molar-refractivity contribution in [3.05, 3.63) is 0 Å². The van der Waals surface area contributed by atoms with Gasteiger partial charge in [0, 0.05) is 13.2 Å². The average Bonchev–Trinajstić information content (AvgIpc) is 2.83. The summed E-state index contributed by atoms with van der Waals surface area (Å²) in [4.78, 5) is 0. The van der Waals surface area contributed by atoms with Crippen molar-refractivity contribution in [1.82, 2.24) is 0 Å². The van der Waals surface area contributed by atoms with Crippen LogP contribution in [0.3, 0.4) is 0 Å². The SMILES string of the molecule is CCCCCCCCCCCCOC(OCCCCCCCCCCCC)[SiH2]CC(C)CN. The lowest BCUT2D eigenvalue weighted by Crippen LogP contribution is -2.28. The highest BCUT2D eigenvalue weighted by atomic mass is 28.2. The molecule has 0 fully saturated rings. The fourth-order valence-corrected chi connectivity index (χ4v) is 6.11. The monoisotopic (exact) mass is 485 g/mol. The van der Waals surface area contributed by atoms with Gasteiger partial charge in [-0.3, -0.25) is 0 Å². The third-order valence-electron chi connectivity index (χ3n) is 6.90. The standard InChI is InChI=1S/C29H63NO2Si/c1-4-6-8-10-12-14-16-18-20-22-24-31-29(33-27-28(3)26-30)32-25-23-21-19-17-15-13-11-9-7-5-2/h28-29H,4-27,30,33H2,1-3H3. The molecule has 200 valence electrons. The third-order valence-corrected chi connectivity index (χ3v) is 9.16. The summed E-state index contributed by atoms with van der Waals surface area (Å²) >= 11 is 0. The second kappa shape index (κ2) is 28.3. The van der Waals surface area contributed by atoms with E-state index in [0.717, 1.165) is 19.8 Å². The molecule has 3 nitrogen and oxygen atoms in total. The van der Waals surface area contributed by atoms with Gasteiger partial charge in [-0.15, -0.1) is 0 Å². The summed E-state index contributed by atoms with van der Waals surface area (Å²) < 4.78 is 12.4. The molecule has 0 aromatic heterocycles. The van der Waals surface area contributed by atoms with E-state index in [0.29, 0.717) is 5.92 Å². The van der Waals surface area contributed by atoms with Gasteiger partial charge in [0.1, 0.15) is 5.91 Å². The molecule has 0 bridgehead atoms. The highest BCUT2D eigenvalue weighted by Gasteiger charge is 2.12. The zero-order chi connectivity index (χ0) is 24.2. The maximum Gasteiger partial charge on any atom is 0.134 e. The summed E-state index contributed by atoms with van der Waals surface area (Å²) in [6.07, 6.45) is 27.4. The average molecular weight is 486 g/mol. The van der Waals surface area contributed by atoms with Gasteiger partial charge in [-0.25, -0.2) is 0 Å². The molecule has 0 aromatic rings. The molecule has 0 rings (SSSR count). The van der Waals surface area contributed by atoms with Gasteiger partial charge >= 0.3 is 0 Å². The Morgan fingerprint density at radius 2 is 0.879 bits per heavy atom. The second-order valence-corrected chi connectivity index (χ2v) is 12.3. The van der Waals surface area contributed by atoms with Crippen molar-refractivity contribution in [3.8, 4) is 0 Å². The first-order chi connectivity index (χ1) is 16.2. The van der Waals surface area contributed by atoms with Crippen molar-refractivity contribution in [3.63, 3.8) is 0 Å². The molecule has 0 saturated carbocycles. The Morgan fingerprint density at radius 1 is 0.545 bits per heavy atom. The van der Waals surface area contributed by atoms with Gasteiger partial charge in [0.2, 0.25) is 0 Å². The van der Waals surface area contributed by atoms with Crippen molar-refractivity contribution in [1.29, 1.82) is 0 Å². The van der Waals surface area contributed by atoms with E-state index in [2.05, 4.69) is 20.8 Å². The van der Waals surface area contributed by atoms with Crippen molar-refractivity contribution in [2.75, 3.05) is 19.8 Å². The zero-order valence-electron chi connectivity index (χ0n) is 23.2.